The molecule has 3 heterocycles. The largest absolute Gasteiger partial charge is 0.465 e. The van der Waals surface area contributed by atoms with Crippen molar-refractivity contribution in [1.29, 1.82) is 0 Å². The molecule has 1 amide bonds. The summed E-state index contributed by atoms with van der Waals surface area (Å²) in [6.45, 7) is 2.92. The minimum atomic E-state index is -0.354. The first kappa shape index (κ1) is 18.1. The maximum absolute atomic E-state index is 13.9. The normalized spacial score (nSPS) is 26.7. The van der Waals surface area contributed by atoms with Gasteiger partial charge in [-0.2, -0.15) is 0 Å². The van der Waals surface area contributed by atoms with Gasteiger partial charge in [0.2, 0.25) is 5.91 Å². The Bertz CT molecular complexity index is 917. The Kier molecular flexibility index (Phi) is 4.47. The molecule has 2 bridgehead atoms. The lowest BCUT2D eigenvalue weighted by Crippen LogP contribution is -2.47. The van der Waals surface area contributed by atoms with Crippen LogP contribution in [-0.2, 0) is 14.3 Å². The van der Waals surface area contributed by atoms with E-state index in [2.05, 4.69) is 11.0 Å². The Balaban J connectivity index is 1.46. The van der Waals surface area contributed by atoms with Crippen molar-refractivity contribution >= 4 is 11.9 Å². The van der Waals surface area contributed by atoms with E-state index in [0.717, 1.165) is 29.8 Å². The average molecular weight is 388 g/mol. The summed E-state index contributed by atoms with van der Waals surface area (Å²) < 4.78 is 5.24. The summed E-state index contributed by atoms with van der Waals surface area (Å²) in [4.78, 5) is 30.3. The number of esters is 1. The number of benzene rings is 2. The van der Waals surface area contributed by atoms with Crippen molar-refractivity contribution in [3.63, 3.8) is 0 Å². The average Bonchev–Trinajstić information content (AvgIpc) is 3.38. The fraction of sp³-hybridized carbons (Fsp3) is 0.333. The molecule has 0 aromatic heterocycles. The summed E-state index contributed by atoms with van der Waals surface area (Å²) in [5.74, 6) is -0.445. The molecule has 4 atom stereocenters. The van der Waals surface area contributed by atoms with Crippen LogP contribution in [0.15, 0.2) is 72.4 Å². The molecule has 2 unspecified atom stereocenters. The summed E-state index contributed by atoms with van der Waals surface area (Å²) in [5, 5.41) is 0. The monoisotopic (exact) mass is 388 g/mol. The molecule has 2 aromatic carbocycles. The number of hydrogen-bond donors (Lipinski definition) is 0. The predicted molar refractivity (Wildman–Crippen MR) is 109 cm³/mol. The number of ether oxygens (including phenoxy) is 1. The van der Waals surface area contributed by atoms with Crippen molar-refractivity contribution < 1.29 is 14.3 Å². The van der Waals surface area contributed by atoms with Gasteiger partial charge < -0.3 is 9.64 Å². The van der Waals surface area contributed by atoms with Gasteiger partial charge in [0.15, 0.2) is 0 Å². The van der Waals surface area contributed by atoms with Crippen LogP contribution in [0.1, 0.15) is 30.4 Å². The summed E-state index contributed by atoms with van der Waals surface area (Å²) in [6.07, 6.45) is 2.99. The van der Waals surface area contributed by atoms with Gasteiger partial charge in [0.1, 0.15) is 6.04 Å². The zero-order valence-electron chi connectivity index (χ0n) is 16.4. The number of nitrogens with zero attached hydrogens (tertiary/aromatic N) is 2. The Hall–Kier alpha value is -2.92. The quantitative estimate of drug-likeness (QED) is 0.584. The number of carbonyl (C=O) groups is 2. The van der Waals surface area contributed by atoms with Crippen LogP contribution in [0.5, 0.6) is 0 Å². The highest BCUT2D eigenvalue weighted by molar-refractivity contribution is 5.91. The molecule has 5 heteroatoms. The standard InChI is InChI=1S/C24H24N2O3/c1-2-29-24(28)22-21-19-14-13-18(15-25(21)22)26(19)23(27)20(16-9-5-3-6-10-16)17-11-7-4-8-12-17/h3-12,14,18,20-22H,2,13,15H2,1H3/t18-,21?,22+,25?/m0/s1. The molecule has 2 aromatic rings. The van der Waals surface area contributed by atoms with Crippen molar-refractivity contribution in [2.75, 3.05) is 13.2 Å². The SMILES string of the molecule is CCOC(=O)[C@H]1C2C3=CC[C@@H](CN21)N3C(=O)C(c1ccccc1)c1ccccc1. The van der Waals surface area contributed by atoms with Gasteiger partial charge in [0.25, 0.3) is 0 Å². The Morgan fingerprint density at radius 3 is 2.24 bits per heavy atom. The zero-order valence-corrected chi connectivity index (χ0v) is 16.4. The lowest BCUT2D eigenvalue weighted by Gasteiger charge is -2.35. The van der Waals surface area contributed by atoms with Crippen LogP contribution in [-0.4, -0.2) is 53.0 Å². The summed E-state index contributed by atoms with van der Waals surface area (Å²) in [5.41, 5.74) is 2.95. The van der Waals surface area contributed by atoms with E-state index in [1.54, 1.807) is 0 Å². The van der Waals surface area contributed by atoms with Crippen LogP contribution < -0.4 is 0 Å². The van der Waals surface area contributed by atoms with Crippen molar-refractivity contribution in [3.8, 4) is 0 Å². The van der Waals surface area contributed by atoms with Crippen LogP contribution in [0.3, 0.4) is 0 Å². The van der Waals surface area contributed by atoms with Gasteiger partial charge in [0, 0.05) is 12.2 Å². The molecule has 0 saturated carbocycles. The van der Waals surface area contributed by atoms with Gasteiger partial charge in [-0.15, -0.1) is 0 Å². The molecule has 0 aliphatic carbocycles. The summed E-state index contributed by atoms with van der Waals surface area (Å²) >= 11 is 0. The molecular formula is C24H24N2O3. The maximum Gasteiger partial charge on any atom is 0.325 e. The third-order valence-corrected chi connectivity index (χ3v) is 6.17. The molecule has 5 rings (SSSR count). The van der Waals surface area contributed by atoms with Crippen molar-refractivity contribution in [2.24, 2.45) is 0 Å². The van der Waals surface area contributed by atoms with Crippen LogP contribution in [0.25, 0.3) is 0 Å². The van der Waals surface area contributed by atoms with E-state index >= 15 is 0 Å². The van der Waals surface area contributed by atoms with E-state index in [0.29, 0.717) is 6.61 Å². The number of piperazine rings is 1. The van der Waals surface area contributed by atoms with Gasteiger partial charge in [-0.05, 0) is 24.5 Å². The topological polar surface area (TPSA) is 49.6 Å². The number of rotatable bonds is 5. The second-order valence-electron chi connectivity index (χ2n) is 7.82. The fourth-order valence-corrected chi connectivity index (χ4v) is 4.88. The highest BCUT2D eigenvalue weighted by Crippen LogP contribution is 2.47. The van der Waals surface area contributed by atoms with E-state index in [4.69, 9.17) is 4.74 Å². The molecule has 29 heavy (non-hydrogen) atoms. The Labute approximate surface area is 170 Å². The maximum atomic E-state index is 13.9. The minimum absolute atomic E-state index is 0.0241. The first-order chi connectivity index (χ1) is 14.2. The lowest BCUT2D eigenvalue weighted by atomic mass is 9.89. The van der Waals surface area contributed by atoms with E-state index in [1.807, 2.05) is 72.5 Å². The molecule has 5 nitrogen and oxygen atoms in total. The van der Waals surface area contributed by atoms with Gasteiger partial charge in [-0.25, -0.2) is 0 Å². The second kappa shape index (κ2) is 7.16. The highest BCUT2D eigenvalue weighted by Gasteiger charge is 2.62. The number of fused-ring (bicyclic) bond motifs is 4. The van der Waals surface area contributed by atoms with Gasteiger partial charge >= 0.3 is 5.97 Å². The van der Waals surface area contributed by atoms with Gasteiger partial charge in [0.05, 0.1) is 24.6 Å². The van der Waals surface area contributed by atoms with Crippen molar-refractivity contribution in [1.82, 2.24) is 9.80 Å². The molecule has 3 aliphatic rings. The van der Waals surface area contributed by atoms with Gasteiger partial charge in [-0.1, -0.05) is 66.7 Å². The molecule has 0 spiro atoms. The highest BCUT2D eigenvalue weighted by atomic mass is 16.5. The fourth-order valence-electron chi connectivity index (χ4n) is 4.88. The molecular weight excluding hydrogens is 364 g/mol. The van der Waals surface area contributed by atoms with Crippen LogP contribution >= 0.6 is 0 Å². The summed E-state index contributed by atoms with van der Waals surface area (Å²) in [6, 6.07) is 19.7. The van der Waals surface area contributed by atoms with Crippen LogP contribution in [0.2, 0.25) is 0 Å². The molecule has 2 saturated heterocycles. The van der Waals surface area contributed by atoms with Crippen molar-refractivity contribution in [3.05, 3.63) is 83.6 Å². The molecule has 2 fully saturated rings. The number of amides is 1. The Morgan fingerprint density at radius 1 is 1.03 bits per heavy atom. The smallest absolute Gasteiger partial charge is 0.325 e. The first-order valence-corrected chi connectivity index (χ1v) is 10.3. The third-order valence-electron chi connectivity index (χ3n) is 6.17. The van der Waals surface area contributed by atoms with Crippen LogP contribution in [0, 0.1) is 0 Å². The molecule has 3 aliphatic heterocycles. The molecule has 0 radical (unpaired) electrons. The zero-order chi connectivity index (χ0) is 20.0. The van der Waals surface area contributed by atoms with Crippen molar-refractivity contribution in [2.45, 2.75) is 37.4 Å². The predicted octanol–water partition coefficient (Wildman–Crippen LogP) is 2.93. The van der Waals surface area contributed by atoms with E-state index in [9.17, 15) is 9.59 Å². The Morgan fingerprint density at radius 2 is 1.66 bits per heavy atom. The first-order valence-electron chi connectivity index (χ1n) is 10.3. The third kappa shape index (κ3) is 2.97. The molecule has 0 N–H and O–H groups in total. The summed E-state index contributed by atoms with van der Waals surface area (Å²) in [7, 11) is 0. The van der Waals surface area contributed by atoms with E-state index < -0.39 is 0 Å². The number of hydrogen-bond acceptors (Lipinski definition) is 4. The van der Waals surface area contributed by atoms with Crippen LogP contribution in [0.4, 0.5) is 0 Å². The van der Waals surface area contributed by atoms with E-state index in [1.165, 1.54) is 0 Å². The van der Waals surface area contributed by atoms with Gasteiger partial charge in [-0.3, -0.25) is 14.5 Å². The second-order valence-corrected chi connectivity index (χ2v) is 7.82. The molecule has 148 valence electrons. The lowest BCUT2D eigenvalue weighted by molar-refractivity contribution is -0.143. The minimum Gasteiger partial charge on any atom is -0.465 e. The van der Waals surface area contributed by atoms with E-state index in [-0.39, 0.29) is 35.9 Å². The number of carbonyl (C=O) groups excluding carboxylic acids is 2.